The number of ether oxygens (including phenoxy) is 1. The summed E-state index contributed by atoms with van der Waals surface area (Å²) in [7, 11) is 1.28. The third-order valence-electron chi connectivity index (χ3n) is 5.39. The number of rotatable bonds is 6. The highest BCUT2D eigenvalue weighted by atomic mass is 16.5. The molecule has 1 aromatic carbocycles. The van der Waals surface area contributed by atoms with Gasteiger partial charge < -0.3 is 18.7 Å². The molecule has 0 amide bonds. The molecule has 7 nitrogen and oxygen atoms in total. The van der Waals surface area contributed by atoms with Crippen molar-refractivity contribution in [3.63, 3.8) is 0 Å². The number of fused-ring (bicyclic) bond motifs is 1. The number of hydrogen-bond donors (Lipinski definition) is 1. The van der Waals surface area contributed by atoms with Gasteiger partial charge in [-0.15, -0.1) is 0 Å². The highest BCUT2D eigenvalue weighted by molar-refractivity contribution is 5.71. The smallest absolute Gasteiger partial charge is 0.306 e. The van der Waals surface area contributed by atoms with Gasteiger partial charge in [-0.05, 0) is 29.7 Å². The van der Waals surface area contributed by atoms with Gasteiger partial charge in [-0.25, -0.2) is 0 Å². The van der Waals surface area contributed by atoms with E-state index >= 15 is 0 Å². The second-order valence-corrected chi connectivity index (χ2v) is 7.37. The van der Waals surface area contributed by atoms with E-state index in [2.05, 4.69) is 17.0 Å². The lowest BCUT2D eigenvalue weighted by molar-refractivity contribution is -0.141. The van der Waals surface area contributed by atoms with Crippen LogP contribution in [0, 0.1) is 0 Å². The molecule has 0 unspecified atom stereocenters. The van der Waals surface area contributed by atoms with Crippen molar-refractivity contribution in [2.45, 2.75) is 31.8 Å². The van der Waals surface area contributed by atoms with E-state index in [0.717, 1.165) is 19.5 Å². The number of carbonyl (C=O) groups is 1. The molecule has 30 heavy (non-hydrogen) atoms. The first-order chi connectivity index (χ1) is 14.5. The van der Waals surface area contributed by atoms with Crippen LogP contribution in [0.15, 0.2) is 62.4 Å². The number of benzene rings is 1. The SMILES string of the molecule is COC(=O)C[C@H](c1ccco1)c1oc(CN2CCc3ccccc3C2)cc(=O)c1O. The van der Waals surface area contributed by atoms with E-state index in [1.165, 1.54) is 30.6 Å². The van der Waals surface area contributed by atoms with E-state index in [1.54, 1.807) is 12.1 Å². The average Bonchev–Trinajstić information content (AvgIpc) is 3.29. The Morgan fingerprint density at radius 1 is 1.23 bits per heavy atom. The molecule has 0 saturated heterocycles. The van der Waals surface area contributed by atoms with Crippen molar-refractivity contribution in [1.29, 1.82) is 0 Å². The van der Waals surface area contributed by atoms with E-state index in [9.17, 15) is 14.7 Å². The predicted octanol–water partition coefficient (Wildman–Crippen LogP) is 3.19. The first kappa shape index (κ1) is 20.0. The molecule has 0 radical (unpaired) electrons. The van der Waals surface area contributed by atoms with Crippen molar-refractivity contribution in [2.75, 3.05) is 13.7 Å². The summed E-state index contributed by atoms with van der Waals surface area (Å²) < 4.78 is 16.1. The Bertz CT molecular complexity index is 1090. The minimum atomic E-state index is -0.762. The third-order valence-corrected chi connectivity index (χ3v) is 5.39. The summed E-state index contributed by atoms with van der Waals surface area (Å²) in [5, 5.41) is 10.4. The van der Waals surface area contributed by atoms with Gasteiger partial charge in [0, 0.05) is 19.2 Å². The standard InChI is InChI=1S/C23H23NO6/c1-28-21(26)12-18(20-7-4-10-29-20)23-22(27)19(25)11-17(30-23)14-24-9-8-15-5-2-3-6-16(15)13-24/h2-7,10-11,18,27H,8-9,12-14H2,1H3/t18-/m1/s1. The fraction of sp³-hybridized carbons (Fsp3) is 0.304. The monoisotopic (exact) mass is 409 g/mol. The molecule has 0 aliphatic carbocycles. The summed E-state index contributed by atoms with van der Waals surface area (Å²) in [6.07, 6.45) is 2.26. The molecule has 1 N–H and O–H groups in total. The molecule has 4 rings (SSSR count). The van der Waals surface area contributed by atoms with Crippen molar-refractivity contribution >= 4 is 5.97 Å². The van der Waals surface area contributed by atoms with Crippen LogP contribution in [-0.4, -0.2) is 29.6 Å². The zero-order valence-electron chi connectivity index (χ0n) is 16.7. The highest BCUT2D eigenvalue weighted by Crippen LogP contribution is 2.34. The van der Waals surface area contributed by atoms with Gasteiger partial charge in [-0.3, -0.25) is 14.5 Å². The van der Waals surface area contributed by atoms with Crippen LogP contribution in [0.1, 0.15) is 40.7 Å². The number of esters is 1. The van der Waals surface area contributed by atoms with Crippen LogP contribution in [0.3, 0.4) is 0 Å². The Hall–Kier alpha value is -3.32. The predicted molar refractivity (Wildman–Crippen MR) is 108 cm³/mol. The molecule has 3 aromatic rings. The van der Waals surface area contributed by atoms with Crippen LogP contribution in [0.2, 0.25) is 0 Å². The Balaban J connectivity index is 1.63. The topological polar surface area (TPSA) is 93.1 Å². The maximum Gasteiger partial charge on any atom is 0.306 e. The highest BCUT2D eigenvalue weighted by Gasteiger charge is 2.29. The van der Waals surface area contributed by atoms with Gasteiger partial charge in [0.2, 0.25) is 11.2 Å². The van der Waals surface area contributed by atoms with E-state index in [0.29, 0.717) is 18.1 Å². The van der Waals surface area contributed by atoms with Gasteiger partial charge in [-0.1, -0.05) is 24.3 Å². The van der Waals surface area contributed by atoms with Crippen molar-refractivity contribution in [1.82, 2.24) is 4.90 Å². The van der Waals surface area contributed by atoms with Crippen LogP contribution in [0.4, 0.5) is 0 Å². The van der Waals surface area contributed by atoms with Crippen LogP contribution in [0.25, 0.3) is 0 Å². The largest absolute Gasteiger partial charge is 0.502 e. The van der Waals surface area contributed by atoms with Crippen molar-refractivity contribution in [2.24, 2.45) is 0 Å². The maximum absolute atomic E-state index is 12.5. The number of aromatic hydroxyl groups is 1. The van der Waals surface area contributed by atoms with E-state index in [1.807, 2.05) is 12.1 Å². The summed E-state index contributed by atoms with van der Waals surface area (Å²) in [5.74, 6) is -0.946. The van der Waals surface area contributed by atoms with E-state index in [-0.39, 0.29) is 12.2 Å². The lowest BCUT2D eigenvalue weighted by Crippen LogP contribution is -2.30. The second kappa shape index (κ2) is 8.59. The number of nitrogens with zero attached hydrogens (tertiary/aromatic N) is 1. The number of carbonyl (C=O) groups excluding carboxylic acids is 1. The minimum Gasteiger partial charge on any atom is -0.502 e. The molecule has 0 bridgehead atoms. The Morgan fingerprint density at radius 2 is 2.03 bits per heavy atom. The van der Waals surface area contributed by atoms with Crippen LogP contribution in [-0.2, 0) is 29.0 Å². The van der Waals surface area contributed by atoms with Crippen molar-refractivity contribution < 1.29 is 23.5 Å². The lowest BCUT2D eigenvalue weighted by atomic mass is 9.97. The normalized spacial score (nSPS) is 14.8. The number of furan rings is 1. The molecule has 0 spiro atoms. The molecule has 3 heterocycles. The van der Waals surface area contributed by atoms with Crippen LogP contribution in [0.5, 0.6) is 5.75 Å². The molecular weight excluding hydrogens is 386 g/mol. The summed E-state index contributed by atoms with van der Waals surface area (Å²) in [6, 6.07) is 12.9. The number of methoxy groups -OCH3 is 1. The molecule has 156 valence electrons. The van der Waals surface area contributed by atoms with E-state index in [4.69, 9.17) is 13.6 Å². The average molecular weight is 409 g/mol. The summed E-state index contributed by atoms with van der Waals surface area (Å²) in [4.78, 5) is 26.6. The fourth-order valence-electron chi connectivity index (χ4n) is 3.84. The molecule has 1 atom stereocenters. The molecule has 0 fully saturated rings. The zero-order chi connectivity index (χ0) is 21.1. The van der Waals surface area contributed by atoms with Gasteiger partial charge in [-0.2, -0.15) is 0 Å². The van der Waals surface area contributed by atoms with Gasteiger partial charge in [0.05, 0.1) is 32.3 Å². The Kier molecular flexibility index (Phi) is 5.72. The molecule has 1 aliphatic heterocycles. The van der Waals surface area contributed by atoms with Gasteiger partial charge in [0.25, 0.3) is 0 Å². The zero-order valence-corrected chi connectivity index (χ0v) is 16.7. The van der Waals surface area contributed by atoms with Crippen molar-refractivity contribution in [3.8, 4) is 5.75 Å². The Labute approximate surface area is 173 Å². The van der Waals surface area contributed by atoms with Gasteiger partial charge in [0.15, 0.2) is 5.76 Å². The first-order valence-corrected chi connectivity index (χ1v) is 9.80. The molecule has 7 heteroatoms. The number of hydrogen-bond acceptors (Lipinski definition) is 7. The van der Waals surface area contributed by atoms with Gasteiger partial charge >= 0.3 is 5.97 Å². The lowest BCUT2D eigenvalue weighted by Gasteiger charge is -2.28. The maximum atomic E-state index is 12.5. The summed E-state index contributed by atoms with van der Waals surface area (Å²) in [6.45, 7) is 2.00. The third kappa shape index (κ3) is 4.16. The van der Waals surface area contributed by atoms with Gasteiger partial charge in [0.1, 0.15) is 11.5 Å². The molecular formula is C23H23NO6. The van der Waals surface area contributed by atoms with E-state index < -0.39 is 23.1 Å². The quantitative estimate of drug-likeness (QED) is 0.625. The summed E-state index contributed by atoms with van der Waals surface area (Å²) >= 11 is 0. The minimum absolute atomic E-state index is 0.00950. The van der Waals surface area contributed by atoms with Crippen molar-refractivity contribution in [3.05, 3.63) is 87.4 Å². The molecule has 1 aliphatic rings. The first-order valence-electron chi connectivity index (χ1n) is 9.80. The summed E-state index contributed by atoms with van der Waals surface area (Å²) in [5.41, 5.74) is 2.03. The fourth-order valence-corrected chi connectivity index (χ4v) is 3.84. The van der Waals surface area contributed by atoms with Crippen LogP contribution >= 0.6 is 0 Å². The molecule has 2 aromatic heterocycles. The molecule has 0 saturated carbocycles. The Morgan fingerprint density at radius 3 is 2.77 bits per heavy atom. The second-order valence-electron chi connectivity index (χ2n) is 7.37. The van der Waals surface area contributed by atoms with Crippen LogP contribution < -0.4 is 5.43 Å².